The lowest BCUT2D eigenvalue weighted by Crippen LogP contribution is -2.19. The van der Waals surface area contributed by atoms with E-state index in [0.717, 1.165) is 15.6 Å². The van der Waals surface area contributed by atoms with E-state index < -0.39 is 10.1 Å². The lowest BCUT2D eigenvalue weighted by Gasteiger charge is -2.12. The van der Waals surface area contributed by atoms with E-state index in [1.807, 2.05) is 26.0 Å². The Balaban J connectivity index is 2.19. The molecule has 2 N–H and O–H groups in total. The molecule has 1 aromatic heterocycles. The van der Waals surface area contributed by atoms with Crippen molar-refractivity contribution in [3.8, 4) is 0 Å². The number of rotatable bonds is 6. The molecule has 0 saturated carbocycles. The van der Waals surface area contributed by atoms with Gasteiger partial charge in [0.05, 0.1) is 11.9 Å². The van der Waals surface area contributed by atoms with Crippen LogP contribution in [-0.2, 0) is 23.6 Å². The molecule has 0 bridgehead atoms. The summed E-state index contributed by atoms with van der Waals surface area (Å²) in [5.41, 5.74) is 3.63. The van der Waals surface area contributed by atoms with Gasteiger partial charge in [-0.05, 0) is 49.9 Å². The summed E-state index contributed by atoms with van der Waals surface area (Å²) in [6.07, 6.45) is 2.08. The molecule has 0 aliphatic rings. The van der Waals surface area contributed by atoms with Crippen molar-refractivity contribution in [2.24, 2.45) is 7.05 Å². The highest BCUT2D eigenvalue weighted by Gasteiger charge is 2.18. The zero-order chi connectivity index (χ0) is 18.8. The smallest absolute Gasteiger partial charge is 0.274 e. The van der Waals surface area contributed by atoms with Gasteiger partial charge in [-0.2, -0.15) is 13.5 Å². The number of aryl methyl sites for hydroxylation is 4. The Labute approximate surface area is 155 Å². The fourth-order valence-corrected chi connectivity index (χ4v) is 3.47. The van der Waals surface area contributed by atoms with Gasteiger partial charge in [-0.3, -0.25) is 14.0 Å². The Morgan fingerprint density at radius 1 is 1.32 bits per heavy atom. The maximum absolute atomic E-state index is 12.7. The summed E-state index contributed by atoms with van der Waals surface area (Å²) in [4.78, 5) is 12.7. The van der Waals surface area contributed by atoms with Gasteiger partial charge < -0.3 is 5.32 Å². The second-order valence-corrected chi connectivity index (χ2v) is 8.33. The number of hydrogen-bond donors (Lipinski definition) is 2. The molecule has 0 radical (unpaired) electrons. The van der Waals surface area contributed by atoms with E-state index in [1.54, 1.807) is 13.2 Å². The number of nitrogens with zero attached hydrogens (tertiary/aromatic N) is 2. The van der Waals surface area contributed by atoms with Crippen LogP contribution >= 0.6 is 15.9 Å². The molecule has 2 aromatic rings. The normalized spacial score (nSPS) is 11.6. The molecule has 1 heterocycles. The summed E-state index contributed by atoms with van der Waals surface area (Å²) < 4.78 is 32.9. The quantitative estimate of drug-likeness (QED) is 0.687. The van der Waals surface area contributed by atoms with Gasteiger partial charge in [-0.1, -0.05) is 15.9 Å². The second kappa shape index (κ2) is 7.67. The van der Waals surface area contributed by atoms with Gasteiger partial charge >= 0.3 is 0 Å². The Kier molecular flexibility index (Phi) is 6.02. The molecular formula is C16H20BrN3O4S. The lowest BCUT2D eigenvalue weighted by molar-refractivity contribution is 0.101. The average molecular weight is 430 g/mol. The summed E-state index contributed by atoms with van der Waals surface area (Å²) in [5.74, 6) is -0.666. The fourth-order valence-electron chi connectivity index (χ4n) is 2.50. The topological polar surface area (TPSA) is 101 Å². The van der Waals surface area contributed by atoms with Gasteiger partial charge in [0.25, 0.3) is 16.0 Å². The first-order valence-corrected chi connectivity index (χ1v) is 10.0. The summed E-state index contributed by atoms with van der Waals surface area (Å²) >= 11 is 3.46. The molecule has 0 aliphatic heterocycles. The van der Waals surface area contributed by atoms with Crippen LogP contribution in [0.4, 0.5) is 5.69 Å². The van der Waals surface area contributed by atoms with Crippen LogP contribution in [0.1, 0.15) is 33.6 Å². The number of anilines is 1. The molecule has 9 heteroatoms. The standard InChI is InChI=1S/C16H20BrN3O4S/c1-10-8-14(11(2)7-13(10)17)19-16(21)15-12(9-18-20(15)3)5-4-6-25(22,23)24/h7-9H,4-6H2,1-3H3,(H,19,21)(H,22,23,24). The Morgan fingerprint density at radius 3 is 2.64 bits per heavy atom. The molecular weight excluding hydrogens is 410 g/mol. The van der Waals surface area contributed by atoms with Crippen molar-refractivity contribution >= 4 is 37.6 Å². The monoisotopic (exact) mass is 429 g/mol. The third-order valence-electron chi connectivity index (χ3n) is 3.83. The third-order valence-corrected chi connectivity index (χ3v) is 5.49. The third kappa shape index (κ3) is 5.13. The van der Waals surface area contributed by atoms with E-state index in [0.29, 0.717) is 23.4 Å². The van der Waals surface area contributed by atoms with Gasteiger partial charge in [0.15, 0.2) is 0 Å². The van der Waals surface area contributed by atoms with Crippen LogP contribution in [0.3, 0.4) is 0 Å². The maximum Gasteiger partial charge on any atom is 0.274 e. The molecule has 0 spiro atoms. The fraction of sp³-hybridized carbons (Fsp3) is 0.375. The number of hydrogen-bond acceptors (Lipinski definition) is 4. The molecule has 25 heavy (non-hydrogen) atoms. The lowest BCUT2D eigenvalue weighted by atomic mass is 10.1. The first kappa shape index (κ1) is 19.6. The van der Waals surface area contributed by atoms with Crippen LogP contribution < -0.4 is 5.32 Å². The molecule has 2 rings (SSSR count). The van der Waals surface area contributed by atoms with Gasteiger partial charge in [0, 0.05) is 22.8 Å². The maximum atomic E-state index is 12.7. The largest absolute Gasteiger partial charge is 0.320 e. The molecule has 0 atom stereocenters. The van der Waals surface area contributed by atoms with E-state index in [2.05, 4.69) is 26.3 Å². The summed E-state index contributed by atoms with van der Waals surface area (Å²) in [6, 6.07) is 3.81. The van der Waals surface area contributed by atoms with Gasteiger partial charge in [0.2, 0.25) is 0 Å². The first-order chi connectivity index (χ1) is 11.6. The van der Waals surface area contributed by atoms with Crippen molar-refractivity contribution in [3.05, 3.63) is 45.2 Å². The molecule has 0 fully saturated rings. The Hall–Kier alpha value is -1.71. The Bertz CT molecular complexity index is 906. The number of carbonyl (C=O) groups excluding carboxylic acids is 1. The number of amides is 1. The molecule has 0 unspecified atom stereocenters. The predicted octanol–water partition coefficient (Wildman–Crippen LogP) is 2.87. The van der Waals surface area contributed by atoms with Crippen LogP contribution in [0, 0.1) is 13.8 Å². The van der Waals surface area contributed by atoms with E-state index in [9.17, 15) is 13.2 Å². The summed E-state index contributed by atoms with van der Waals surface area (Å²) in [6.45, 7) is 3.83. The van der Waals surface area contributed by atoms with Crippen LogP contribution in [0.25, 0.3) is 0 Å². The SMILES string of the molecule is Cc1cc(NC(=O)c2c(CCCS(=O)(=O)O)cnn2C)c(C)cc1Br. The first-order valence-electron chi connectivity index (χ1n) is 7.62. The van der Waals surface area contributed by atoms with Crippen LogP contribution in [-0.4, -0.2) is 34.4 Å². The minimum absolute atomic E-state index is 0.210. The molecule has 136 valence electrons. The number of nitrogens with one attached hydrogen (secondary N) is 1. The van der Waals surface area contributed by atoms with Crippen molar-refractivity contribution in [2.45, 2.75) is 26.7 Å². The highest BCUT2D eigenvalue weighted by molar-refractivity contribution is 9.10. The summed E-state index contributed by atoms with van der Waals surface area (Å²) in [5, 5.41) is 6.97. The van der Waals surface area contributed by atoms with Crippen molar-refractivity contribution in [3.63, 3.8) is 0 Å². The van der Waals surface area contributed by atoms with E-state index in [1.165, 1.54) is 4.68 Å². The van der Waals surface area contributed by atoms with E-state index in [-0.39, 0.29) is 18.1 Å². The minimum atomic E-state index is -4.02. The average Bonchev–Trinajstić information content (AvgIpc) is 2.84. The number of benzene rings is 1. The summed E-state index contributed by atoms with van der Waals surface area (Å²) in [7, 11) is -2.36. The predicted molar refractivity (Wildman–Crippen MR) is 99.5 cm³/mol. The highest BCUT2D eigenvalue weighted by Crippen LogP contribution is 2.25. The number of halogens is 1. The molecule has 7 nitrogen and oxygen atoms in total. The van der Waals surface area contributed by atoms with Gasteiger partial charge in [0.1, 0.15) is 5.69 Å². The van der Waals surface area contributed by atoms with Crippen LogP contribution in [0.2, 0.25) is 0 Å². The minimum Gasteiger partial charge on any atom is -0.320 e. The van der Waals surface area contributed by atoms with Crippen molar-refractivity contribution in [1.82, 2.24) is 9.78 Å². The highest BCUT2D eigenvalue weighted by atomic mass is 79.9. The molecule has 1 amide bonds. The van der Waals surface area contributed by atoms with Crippen LogP contribution in [0.15, 0.2) is 22.8 Å². The van der Waals surface area contributed by atoms with Crippen molar-refractivity contribution < 1.29 is 17.8 Å². The van der Waals surface area contributed by atoms with Gasteiger partial charge in [-0.15, -0.1) is 0 Å². The zero-order valence-corrected chi connectivity index (χ0v) is 16.6. The molecule has 0 aliphatic carbocycles. The number of carbonyl (C=O) groups is 1. The van der Waals surface area contributed by atoms with Gasteiger partial charge in [-0.25, -0.2) is 0 Å². The zero-order valence-electron chi connectivity index (χ0n) is 14.2. The Morgan fingerprint density at radius 2 is 2.00 bits per heavy atom. The van der Waals surface area contributed by atoms with E-state index >= 15 is 0 Å². The number of aromatic nitrogens is 2. The van der Waals surface area contributed by atoms with E-state index in [4.69, 9.17) is 4.55 Å². The van der Waals surface area contributed by atoms with Crippen LogP contribution in [0.5, 0.6) is 0 Å². The molecule has 0 saturated heterocycles. The van der Waals surface area contributed by atoms with Crippen molar-refractivity contribution in [1.29, 1.82) is 0 Å². The second-order valence-electron chi connectivity index (χ2n) is 5.90. The molecule has 1 aromatic carbocycles. The van der Waals surface area contributed by atoms with Crippen molar-refractivity contribution in [2.75, 3.05) is 11.1 Å².